The maximum absolute atomic E-state index is 12.5. The minimum absolute atomic E-state index is 0.0687. The lowest BCUT2D eigenvalue weighted by atomic mass is 10.1. The molecule has 0 saturated carbocycles. The predicted molar refractivity (Wildman–Crippen MR) is 117 cm³/mol. The molecule has 3 nitrogen and oxygen atoms in total. The number of hydrogen-bond acceptors (Lipinski definition) is 2. The number of benzene rings is 2. The van der Waals surface area contributed by atoms with E-state index in [2.05, 4.69) is 60.7 Å². The summed E-state index contributed by atoms with van der Waals surface area (Å²) in [6, 6.07) is 21.8. The molecular formula is C23H28N2OSi. The molecule has 3 rings (SSSR count). The van der Waals surface area contributed by atoms with Crippen LogP contribution in [0.15, 0.2) is 66.9 Å². The van der Waals surface area contributed by atoms with Crippen LogP contribution in [0.5, 0.6) is 0 Å². The number of carbonyl (C=O) groups is 1. The largest absolute Gasteiger partial charge is 0.324 e. The zero-order valence-electron chi connectivity index (χ0n) is 16.4. The van der Waals surface area contributed by atoms with Crippen molar-refractivity contribution in [1.82, 2.24) is 4.98 Å². The Morgan fingerprint density at radius 1 is 1.04 bits per heavy atom. The van der Waals surface area contributed by atoms with Gasteiger partial charge in [-0.15, -0.1) is 0 Å². The lowest BCUT2D eigenvalue weighted by Crippen LogP contribution is -2.42. The fourth-order valence-corrected chi connectivity index (χ4v) is 7.05. The lowest BCUT2D eigenvalue weighted by Gasteiger charge is -2.26. The molecule has 0 saturated heterocycles. The first kappa shape index (κ1) is 19.3. The first-order valence-corrected chi connectivity index (χ1v) is 12.9. The summed E-state index contributed by atoms with van der Waals surface area (Å²) in [5, 5.41) is 5.57. The van der Waals surface area contributed by atoms with Crippen molar-refractivity contribution in [3.05, 3.63) is 66.9 Å². The van der Waals surface area contributed by atoms with Crippen LogP contribution in [0, 0.1) is 5.92 Å². The monoisotopic (exact) mass is 376 g/mol. The van der Waals surface area contributed by atoms with Crippen LogP contribution in [0.25, 0.3) is 10.9 Å². The molecule has 0 spiro atoms. The molecule has 27 heavy (non-hydrogen) atoms. The van der Waals surface area contributed by atoms with Crippen LogP contribution in [-0.2, 0) is 4.79 Å². The summed E-state index contributed by atoms with van der Waals surface area (Å²) in [5.74, 6) is 0.599. The first-order chi connectivity index (χ1) is 13.0. The van der Waals surface area contributed by atoms with E-state index in [0.717, 1.165) is 23.0 Å². The van der Waals surface area contributed by atoms with Gasteiger partial charge in [0.25, 0.3) is 0 Å². The van der Waals surface area contributed by atoms with Crippen LogP contribution in [0.2, 0.25) is 19.1 Å². The number of para-hydroxylation sites is 1. The van der Waals surface area contributed by atoms with E-state index in [4.69, 9.17) is 0 Å². The number of nitrogens with zero attached hydrogens (tertiary/aromatic N) is 1. The maximum Gasteiger partial charge on any atom is 0.224 e. The van der Waals surface area contributed by atoms with Crippen molar-refractivity contribution in [2.24, 2.45) is 5.92 Å². The molecule has 1 N–H and O–H groups in total. The molecular weight excluding hydrogens is 348 g/mol. The van der Waals surface area contributed by atoms with Crippen molar-refractivity contribution in [2.75, 3.05) is 5.32 Å². The normalized spacial score (nSPS) is 12.7. The van der Waals surface area contributed by atoms with Crippen LogP contribution in [0.3, 0.4) is 0 Å². The van der Waals surface area contributed by atoms with Gasteiger partial charge in [-0.05, 0) is 24.5 Å². The standard InChI is InChI=1S/C23H28N2OSi/c1-18(17-27(2,3)20-11-5-4-6-12-20)14-15-22(26)25-21-13-7-9-19-10-8-16-24-23(19)21/h4-13,16,18H,14-15,17H2,1-3H3,(H,25,26). The van der Waals surface area contributed by atoms with Crippen molar-refractivity contribution >= 4 is 35.8 Å². The number of pyridine rings is 1. The van der Waals surface area contributed by atoms with Gasteiger partial charge in [0.05, 0.1) is 19.3 Å². The van der Waals surface area contributed by atoms with Gasteiger partial charge in [-0.25, -0.2) is 0 Å². The van der Waals surface area contributed by atoms with E-state index < -0.39 is 8.07 Å². The van der Waals surface area contributed by atoms with Crippen LogP contribution in [0.4, 0.5) is 5.69 Å². The Kier molecular flexibility index (Phi) is 6.07. The molecule has 3 aromatic rings. The molecule has 2 aromatic carbocycles. The molecule has 0 aliphatic rings. The maximum atomic E-state index is 12.5. The Hall–Kier alpha value is -2.46. The predicted octanol–water partition coefficient (Wildman–Crippen LogP) is 5.21. The second kappa shape index (κ2) is 8.48. The highest BCUT2D eigenvalue weighted by molar-refractivity contribution is 6.89. The van der Waals surface area contributed by atoms with Crippen LogP contribution in [0.1, 0.15) is 19.8 Å². The van der Waals surface area contributed by atoms with Crippen molar-refractivity contribution in [3.8, 4) is 0 Å². The SMILES string of the molecule is CC(CCC(=O)Nc1cccc2cccnc12)C[Si](C)(C)c1ccccc1. The summed E-state index contributed by atoms with van der Waals surface area (Å²) < 4.78 is 0. The summed E-state index contributed by atoms with van der Waals surface area (Å²) in [7, 11) is -1.47. The van der Waals surface area contributed by atoms with Crippen molar-refractivity contribution in [3.63, 3.8) is 0 Å². The fourth-order valence-electron chi connectivity index (χ4n) is 3.78. The van der Waals surface area contributed by atoms with E-state index >= 15 is 0 Å². The van der Waals surface area contributed by atoms with Gasteiger partial charge in [-0.3, -0.25) is 9.78 Å². The highest BCUT2D eigenvalue weighted by Crippen LogP contribution is 2.23. The smallest absolute Gasteiger partial charge is 0.224 e. The Bertz CT molecular complexity index is 903. The third kappa shape index (κ3) is 5.04. The highest BCUT2D eigenvalue weighted by atomic mass is 28.3. The lowest BCUT2D eigenvalue weighted by molar-refractivity contribution is -0.116. The van der Waals surface area contributed by atoms with Gasteiger partial charge in [0, 0.05) is 18.0 Å². The molecule has 1 unspecified atom stereocenters. The van der Waals surface area contributed by atoms with E-state index in [-0.39, 0.29) is 5.91 Å². The number of rotatable bonds is 7. The second-order valence-corrected chi connectivity index (χ2v) is 12.8. The van der Waals surface area contributed by atoms with Crippen LogP contribution < -0.4 is 10.5 Å². The van der Waals surface area contributed by atoms with Gasteiger partial charge in [0.1, 0.15) is 0 Å². The van der Waals surface area contributed by atoms with E-state index in [1.54, 1.807) is 6.20 Å². The number of anilines is 1. The molecule has 0 bridgehead atoms. The van der Waals surface area contributed by atoms with Gasteiger partial charge in [-0.1, -0.05) is 79.8 Å². The Balaban J connectivity index is 1.56. The second-order valence-electron chi connectivity index (χ2n) is 8.03. The van der Waals surface area contributed by atoms with Gasteiger partial charge in [0.15, 0.2) is 0 Å². The minimum atomic E-state index is -1.47. The molecule has 0 aliphatic heterocycles. The quantitative estimate of drug-likeness (QED) is 0.576. The average molecular weight is 377 g/mol. The number of hydrogen-bond donors (Lipinski definition) is 1. The van der Waals surface area contributed by atoms with Gasteiger partial charge >= 0.3 is 0 Å². The van der Waals surface area contributed by atoms with Gasteiger partial charge in [0.2, 0.25) is 5.91 Å². The average Bonchev–Trinajstić information content (AvgIpc) is 2.67. The number of nitrogens with one attached hydrogen (secondary N) is 1. The molecule has 4 heteroatoms. The summed E-state index contributed by atoms with van der Waals surface area (Å²) in [5.41, 5.74) is 1.64. The molecule has 0 radical (unpaired) electrons. The summed E-state index contributed by atoms with van der Waals surface area (Å²) in [6.07, 6.45) is 3.22. The Labute approximate surface area is 162 Å². The van der Waals surface area contributed by atoms with E-state index in [9.17, 15) is 4.79 Å². The summed E-state index contributed by atoms with van der Waals surface area (Å²) in [4.78, 5) is 16.9. The molecule has 0 fully saturated rings. The summed E-state index contributed by atoms with van der Waals surface area (Å²) >= 11 is 0. The van der Waals surface area contributed by atoms with E-state index in [1.807, 2.05) is 30.3 Å². The Morgan fingerprint density at radius 3 is 2.56 bits per heavy atom. The minimum Gasteiger partial charge on any atom is -0.324 e. The van der Waals surface area contributed by atoms with E-state index in [1.165, 1.54) is 11.2 Å². The number of aromatic nitrogens is 1. The van der Waals surface area contributed by atoms with Crippen LogP contribution >= 0.6 is 0 Å². The topological polar surface area (TPSA) is 42.0 Å². The highest BCUT2D eigenvalue weighted by Gasteiger charge is 2.25. The molecule has 1 atom stereocenters. The van der Waals surface area contributed by atoms with E-state index in [0.29, 0.717) is 12.3 Å². The van der Waals surface area contributed by atoms with Gasteiger partial charge in [-0.2, -0.15) is 0 Å². The van der Waals surface area contributed by atoms with Crippen molar-refractivity contribution in [1.29, 1.82) is 0 Å². The zero-order chi connectivity index (χ0) is 19.3. The zero-order valence-corrected chi connectivity index (χ0v) is 17.4. The molecule has 0 aliphatic carbocycles. The molecule has 140 valence electrons. The summed E-state index contributed by atoms with van der Waals surface area (Å²) in [6.45, 7) is 7.10. The third-order valence-electron chi connectivity index (χ3n) is 5.19. The number of carbonyl (C=O) groups excluding carboxylic acids is 1. The third-order valence-corrected chi connectivity index (χ3v) is 8.80. The number of amides is 1. The van der Waals surface area contributed by atoms with Gasteiger partial charge < -0.3 is 5.32 Å². The Morgan fingerprint density at radius 2 is 1.78 bits per heavy atom. The molecule has 1 amide bonds. The first-order valence-electron chi connectivity index (χ1n) is 9.65. The fraction of sp³-hybridized carbons (Fsp3) is 0.304. The van der Waals surface area contributed by atoms with Crippen LogP contribution in [-0.4, -0.2) is 19.0 Å². The van der Waals surface area contributed by atoms with Crippen molar-refractivity contribution in [2.45, 2.75) is 38.9 Å². The van der Waals surface area contributed by atoms with Crippen molar-refractivity contribution < 1.29 is 4.79 Å². The molecule has 1 heterocycles. The molecule has 1 aromatic heterocycles. The number of fused-ring (bicyclic) bond motifs is 1.